The van der Waals surface area contributed by atoms with E-state index in [0.717, 1.165) is 18.7 Å². The van der Waals surface area contributed by atoms with E-state index in [-0.39, 0.29) is 0 Å². The van der Waals surface area contributed by atoms with Crippen LogP contribution in [0.15, 0.2) is 54.6 Å². The number of hydrogen-bond acceptors (Lipinski definition) is 0. The molecule has 0 atom stereocenters. The topological polar surface area (TPSA) is 8.88 Å². The van der Waals surface area contributed by atoms with Gasteiger partial charge in [-0.15, -0.1) is 0 Å². The molecule has 2 N–H and O–H groups in total. The van der Waals surface area contributed by atoms with Gasteiger partial charge >= 0.3 is 0 Å². The third-order valence-electron chi connectivity index (χ3n) is 4.65. The molecule has 0 saturated carbocycles. The van der Waals surface area contributed by atoms with Crippen LogP contribution >= 0.6 is 23.2 Å². The summed E-state index contributed by atoms with van der Waals surface area (Å²) in [5.74, 6) is 0. The van der Waals surface area contributed by atoms with Crippen LogP contribution in [0, 0.1) is 0 Å². The average Bonchev–Trinajstić information content (AvgIpc) is 2.61. The van der Waals surface area contributed by atoms with Gasteiger partial charge in [-0.3, -0.25) is 0 Å². The first-order chi connectivity index (χ1) is 11.7. The zero-order valence-electron chi connectivity index (χ0n) is 13.8. The third-order valence-corrected chi connectivity index (χ3v) is 5.51. The largest absolute Gasteiger partial charge is 0.322 e. The number of quaternary nitrogens is 2. The summed E-state index contributed by atoms with van der Waals surface area (Å²) in [4.78, 5) is 3.25. The fraction of sp³-hybridized carbons (Fsp3) is 0.300. The van der Waals surface area contributed by atoms with Crippen LogP contribution in [-0.4, -0.2) is 32.7 Å². The van der Waals surface area contributed by atoms with Crippen LogP contribution in [0.4, 0.5) is 0 Å². The summed E-state index contributed by atoms with van der Waals surface area (Å²) in [6.07, 6.45) is 4.52. The van der Waals surface area contributed by atoms with E-state index in [1.54, 1.807) is 9.80 Å². The lowest BCUT2D eigenvalue weighted by Crippen LogP contribution is -3.27. The van der Waals surface area contributed by atoms with Gasteiger partial charge in [-0.05, 0) is 17.7 Å². The molecular weight excluding hydrogens is 339 g/mol. The van der Waals surface area contributed by atoms with Gasteiger partial charge < -0.3 is 9.80 Å². The van der Waals surface area contributed by atoms with Crippen LogP contribution in [-0.2, 0) is 6.54 Å². The van der Waals surface area contributed by atoms with Gasteiger partial charge in [-0.2, -0.15) is 0 Å². The Balaban J connectivity index is 1.46. The first-order valence-corrected chi connectivity index (χ1v) is 9.29. The maximum Gasteiger partial charge on any atom is 0.127 e. The number of halogens is 2. The van der Waals surface area contributed by atoms with Crippen molar-refractivity contribution in [3.8, 4) is 0 Å². The maximum absolute atomic E-state index is 6.31. The molecule has 0 aromatic heterocycles. The zero-order valence-corrected chi connectivity index (χ0v) is 15.3. The number of benzene rings is 2. The summed E-state index contributed by atoms with van der Waals surface area (Å²) < 4.78 is 0. The van der Waals surface area contributed by atoms with Crippen molar-refractivity contribution in [2.75, 3.05) is 32.7 Å². The fourth-order valence-corrected chi connectivity index (χ4v) is 3.61. The second-order valence-electron chi connectivity index (χ2n) is 6.41. The van der Waals surface area contributed by atoms with Crippen molar-refractivity contribution in [2.24, 2.45) is 0 Å². The summed E-state index contributed by atoms with van der Waals surface area (Å²) in [5, 5.41) is 1.37. The quantitative estimate of drug-likeness (QED) is 0.804. The molecule has 1 heterocycles. The monoisotopic (exact) mass is 362 g/mol. The van der Waals surface area contributed by atoms with Crippen LogP contribution in [0.1, 0.15) is 11.1 Å². The Hall–Kier alpha value is -1.32. The van der Waals surface area contributed by atoms with E-state index in [1.165, 1.54) is 31.7 Å². The van der Waals surface area contributed by atoms with Crippen molar-refractivity contribution in [2.45, 2.75) is 6.54 Å². The lowest BCUT2D eigenvalue weighted by Gasteiger charge is -2.29. The molecule has 0 spiro atoms. The van der Waals surface area contributed by atoms with Gasteiger partial charge in [0.05, 0.1) is 16.6 Å². The predicted octanol–water partition coefficient (Wildman–Crippen LogP) is 1.99. The minimum atomic E-state index is 0.656. The highest BCUT2D eigenvalue weighted by molar-refractivity contribution is 6.42. The molecule has 2 aromatic rings. The molecule has 1 fully saturated rings. The van der Waals surface area contributed by atoms with Crippen LogP contribution < -0.4 is 9.80 Å². The van der Waals surface area contributed by atoms with Crippen molar-refractivity contribution in [1.82, 2.24) is 0 Å². The number of piperazine rings is 1. The minimum absolute atomic E-state index is 0.656. The maximum atomic E-state index is 6.31. The summed E-state index contributed by atoms with van der Waals surface area (Å²) in [6.45, 7) is 6.82. The van der Waals surface area contributed by atoms with E-state index in [0.29, 0.717) is 10.0 Å². The Morgan fingerprint density at radius 2 is 1.54 bits per heavy atom. The Labute approximate surface area is 154 Å². The molecule has 126 valence electrons. The van der Waals surface area contributed by atoms with E-state index >= 15 is 0 Å². The SMILES string of the molecule is Clc1cccc(C[NH+]2CC[NH+](C/C=C/c3ccccc3)CC2)c1Cl. The van der Waals surface area contributed by atoms with Crippen LogP contribution in [0.3, 0.4) is 0 Å². The second kappa shape index (κ2) is 8.68. The van der Waals surface area contributed by atoms with Crippen LogP contribution in [0.2, 0.25) is 10.0 Å². The smallest absolute Gasteiger partial charge is 0.127 e. The molecular formula is C20H24Cl2N2+2. The Morgan fingerprint density at radius 1 is 0.833 bits per heavy atom. The molecule has 1 aliphatic rings. The van der Waals surface area contributed by atoms with Crippen molar-refractivity contribution < 1.29 is 9.80 Å². The summed E-state index contributed by atoms with van der Waals surface area (Å²) >= 11 is 12.4. The first kappa shape index (κ1) is 17.5. The average molecular weight is 363 g/mol. The van der Waals surface area contributed by atoms with E-state index < -0.39 is 0 Å². The van der Waals surface area contributed by atoms with Crippen molar-refractivity contribution >= 4 is 29.3 Å². The van der Waals surface area contributed by atoms with Gasteiger partial charge in [0.25, 0.3) is 0 Å². The molecule has 2 aromatic carbocycles. The lowest BCUT2D eigenvalue weighted by molar-refractivity contribution is -1.02. The van der Waals surface area contributed by atoms with Crippen molar-refractivity contribution in [3.05, 3.63) is 75.8 Å². The number of hydrogen-bond donors (Lipinski definition) is 2. The Kier molecular flexibility index (Phi) is 6.33. The molecule has 1 saturated heterocycles. The van der Waals surface area contributed by atoms with Crippen molar-refractivity contribution in [1.29, 1.82) is 0 Å². The summed E-state index contributed by atoms with van der Waals surface area (Å²) in [5.41, 5.74) is 2.43. The van der Waals surface area contributed by atoms with E-state index in [4.69, 9.17) is 23.2 Å². The predicted molar refractivity (Wildman–Crippen MR) is 102 cm³/mol. The van der Waals surface area contributed by atoms with Crippen molar-refractivity contribution in [3.63, 3.8) is 0 Å². The molecule has 2 nitrogen and oxygen atoms in total. The highest BCUT2D eigenvalue weighted by Crippen LogP contribution is 2.24. The molecule has 0 radical (unpaired) electrons. The van der Waals surface area contributed by atoms with Gasteiger partial charge in [0, 0.05) is 5.56 Å². The molecule has 24 heavy (non-hydrogen) atoms. The summed E-state index contributed by atoms with van der Waals surface area (Å²) in [6, 6.07) is 16.4. The van der Waals surface area contributed by atoms with E-state index in [1.807, 2.05) is 12.1 Å². The normalized spacial score (nSPS) is 21.2. The third kappa shape index (κ3) is 4.84. The molecule has 3 rings (SSSR count). The number of rotatable bonds is 5. The van der Waals surface area contributed by atoms with Crippen LogP contribution in [0.5, 0.6) is 0 Å². The summed E-state index contributed by atoms with van der Waals surface area (Å²) in [7, 11) is 0. The highest BCUT2D eigenvalue weighted by Gasteiger charge is 2.23. The molecule has 0 unspecified atom stereocenters. The van der Waals surface area contributed by atoms with Gasteiger partial charge in [0.2, 0.25) is 0 Å². The van der Waals surface area contributed by atoms with Crippen LogP contribution in [0.25, 0.3) is 6.08 Å². The van der Waals surface area contributed by atoms with Gasteiger partial charge in [-0.1, -0.05) is 71.7 Å². The minimum Gasteiger partial charge on any atom is -0.322 e. The van der Waals surface area contributed by atoms with E-state index in [9.17, 15) is 0 Å². The van der Waals surface area contributed by atoms with Gasteiger partial charge in [0.15, 0.2) is 0 Å². The second-order valence-corrected chi connectivity index (χ2v) is 7.19. The molecule has 1 aliphatic heterocycles. The molecule has 0 bridgehead atoms. The van der Waals surface area contributed by atoms with Gasteiger partial charge in [-0.25, -0.2) is 0 Å². The number of nitrogens with one attached hydrogen (secondary N) is 2. The van der Waals surface area contributed by atoms with E-state index in [2.05, 4.69) is 48.6 Å². The molecule has 4 heteroatoms. The molecule has 0 amide bonds. The Bertz CT molecular complexity index is 677. The Morgan fingerprint density at radius 3 is 2.29 bits per heavy atom. The van der Waals surface area contributed by atoms with Gasteiger partial charge in [0.1, 0.15) is 32.7 Å². The first-order valence-electron chi connectivity index (χ1n) is 8.54. The highest BCUT2D eigenvalue weighted by atomic mass is 35.5. The molecule has 0 aliphatic carbocycles. The lowest BCUT2D eigenvalue weighted by atomic mass is 10.2. The fourth-order valence-electron chi connectivity index (χ4n) is 3.22. The zero-order chi connectivity index (χ0) is 16.8. The standard InChI is InChI=1S/C20H22Cl2N2/c21-19-10-4-9-18(20(19)22)16-24-14-12-23(13-15-24)11-5-8-17-6-2-1-3-7-17/h1-10H,11-16H2/p+2/b8-5+.